The molecule has 0 aromatic heterocycles. The molecule has 0 bridgehead atoms. The number of nitrogens with zero attached hydrogens (tertiary/aromatic N) is 2. The smallest absolute Gasteiger partial charge is 0.288 e. The van der Waals surface area contributed by atoms with Crippen molar-refractivity contribution in [1.82, 2.24) is 10.7 Å². The highest BCUT2D eigenvalue weighted by molar-refractivity contribution is 14.1. The first-order valence-electron chi connectivity index (χ1n) is 7.17. The third-order valence-corrected chi connectivity index (χ3v) is 4.36. The fourth-order valence-corrected chi connectivity index (χ4v) is 2.69. The van der Waals surface area contributed by atoms with Crippen LogP contribution in [0.25, 0.3) is 0 Å². The van der Waals surface area contributed by atoms with Crippen molar-refractivity contribution in [2.75, 3.05) is 6.54 Å². The standard InChI is InChI=1S/C16H12ClIN4O4/c17-12-6-5-10(7-14(12)22(25)26)8-20-21-15(23)9-19-16(24)11-3-1-2-4-13(11)18/h1-8H,9H2,(H,19,24)(H,21,23)/b20-8-. The number of halogens is 2. The Morgan fingerprint density at radius 2 is 2.00 bits per heavy atom. The second-order valence-electron chi connectivity index (χ2n) is 4.92. The van der Waals surface area contributed by atoms with Gasteiger partial charge in [-0.25, -0.2) is 5.43 Å². The van der Waals surface area contributed by atoms with E-state index in [2.05, 4.69) is 15.8 Å². The van der Waals surface area contributed by atoms with Crippen molar-refractivity contribution in [3.63, 3.8) is 0 Å². The number of nitro benzene ring substituents is 1. The van der Waals surface area contributed by atoms with Crippen LogP contribution in [0.5, 0.6) is 0 Å². The molecular formula is C16H12ClIN4O4. The van der Waals surface area contributed by atoms with Gasteiger partial charge in [-0.2, -0.15) is 5.10 Å². The molecule has 0 fully saturated rings. The van der Waals surface area contributed by atoms with E-state index in [-0.39, 0.29) is 23.2 Å². The fourth-order valence-electron chi connectivity index (χ4n) is 1.87. The maximum atomic E-state index is 12.0. The molecule has 10 heteroatoms. The van der Waals surface area contributed by atoms with E-state index in [9.17, 15) is 19.7 Å². The van der Waals surface area contributed by atoms with Crippen molar-refractivity contribution in [2.24, 2.45) is 5.10 Å². The summed E-state index contributed by atoms with van der Waals surface area (Å²) in [6.07, 6.45) is 1.24. The van der Waals surface area contributed by atoms with Crippen molar-refractivity contribution in [2.45, 2.75) is 0 Å². The summed E-state index contributed by atoms with van der Waals surface area (Å²) < 4.78 is 0.769. The molecule has 0 aliphatic heterocycles. The first-order chi connectivity index (χ1) is 12.4. The Morgan fingerprint density at radius 1 is 1.27 bits per heavy atom. The first-order valence-corrected chi connectivity index (χ1v) is 8.62. The van der Waals surface area contributed by atoms with Crippen molar-refractivity contribution < 1.29 is 14.5 Å². The number of nitro groups is 1. The maximum Gasteiger partial charge on any atom is 0.288 e. The maximum absolute atomic E-state index is 12.0. The molecule has 2 N–H and O–H groups in total. The van der Waals surface area contributed by atoms with E-state index < -0.39 is 10.8 Å². The van der Waals surface area contributed by atoms with Gasteiger partial charge in [0, 0.05) is 15.2 Å². The topological polar surface area (TPSA) is 114 Å². The predicted molar refractivity (Wildman–Crippen MR) is 105 cm³/mol. The van der Waals surface area contributed by atoms with Gasteiger partial charge in [-0.05, 0) is 40.8 Å². The van der Waals surface area contributed by atoms with E-state index in [0.29, 0.717) is 11.1 Å². The second-order valence-corrected chi connectivity index (χ2v) is 6.49. The van der Waals surface area contributed by atoms with Crippen LogP contribution in [0.2, 0.25) is 5.02 Å². The van der Waals surface area contributed by atoms with Crippen LogP contribution in [0.4, 0.5) is 5.69 Å². The molecule has 26 heavy (non-hydrogen) atoms. The van der Waals surface area contributed by atoms with Crippen LogP contribution in [-0.2, 0) is 4.79 Å². The highest BCUT2D eigenvalue weighted by Gasteiger charge is 2.12. The Morgan fingerprint density at radius 3 is 2.69 bits per heavy atom. The lowest BCUT2D eigenvalue weighted by atomic mass is 10.2. The molecule has 0 unspecified atom stereocenters. The van der Waals surface area contributed by atoms with Crippen LogP contribution in [0.3, 0.4) is 0 Å². The van der Waals surface area contributed by atoms with E-state index in [1.54, 1.807) is 24.3 Å². The van der Waals surface area contributed by atoms with Crippen LogP contribution in [0.1, 0.15) is 15.9 Å². The minimum absolute atomic E-state index is 0.00874. The molecule has 2 aromatic rings. The van der Waals surface area contributed by atoms with Crippen LogP contribution in [0, 0.1) is 13.7 Å². The van der Waals surface area contributed by atoms with E-state index in [1.165, 1.54) is 24.4 Å². The van der Waals surface area contributed by atoms with Gasteiger partial charge in [-0.15, -0.1) is 0 Å². The van der Waals surface area contributed by atoms with E-state index >= 15 is 0 Å². The Labute approximate surface area is 166 Å². The van der Waals surface area contributed by atoms with Gasteiger partial charge in [-0.3, -0.25) is 19.7 Å². The summed E-state index contributed by atoms with van der Waals surface area (Å²) in [5.41, 5.74) is 2.83. The van der Waals surface area contributed by atoms with Gasteiger partial charge in [0.15, 0.2) is 0 Å². The average molecular weight is 487 g/mol. The van der Waals surface area contributed by atoms with Gasteiger partial charge in [0.1, 0.15) is 5.02 Å². The van der Waals surface area contributed by atoms with Gasteiger partial charge < -0.3 is 5.32 Å². The Kier molecular flexibility index (Phi) is 7.04. The van der Waals surface area contributed by atoms with E-state index in [4.69, 9.17) is 11.6 Å². The quantitative estimate of drug-likeness (QED) is 0.283. The van der Waals surface area contributed by atoms with Gasteiger partial charge in [0.2, 0.25) is 0 Å². The zero-order valence-electron chi connectivity index (χ0n) is 13.1. The molecule has 2 amide bonds. The molecule has 0 aliphatic rings. The van der Waals surface area contributed by atoms with Crippen molar-refractivity contribution in [3.8, 4) is 0 Å². The molecule has 134 valence electrons. The van der Waals surface area contributed by atoms with E-state index in [1.807, 2.05) is 22.6 Å². The molecule has 0 saturated heterocycles. The molecule has 0 saturated carbocycles. The third-order valence-electron chi connectivity index (χ3n) is 3.10. The SMILES string of the molecule is O=C(CNC(=O)c1ccccc1I)N/N=C\c1ccc(Cl)c([N+](=O)[O-])c1. The largest absolute Gasteiger partial charge is 0.343 e. The summed E-state index contributed by atoms with van der Waals surface area (Å²) >= 11 is 7.74. The number of hydrogen-bond acceptors (Lipinski definition) is 5. The molecule has 0 heterocycles. The lowest BCUT2D eigenvalue weighted by Gasteiger charge is -2.05. The van der Waals surface area contributed by atoms with Crippen LogP contribution >= 0.6 is 34.2 Å². The molecule has 0 atom stereocenters. The normalized spacial score (nSPS) is 10.5. The summed E-state index contributed by atoms with van der Waals surface area (Å²) in [6, 6.07) is 11.1. The minimum Gasteiger partial charge on any atom is -0.343 e. The summed E-state index contributed by atoms with van der Waals surface area (Å²) in [7, 11) is 0. The second kappa shape index (κ2) is 9.25. The number of hydrogen-bond donors (Lipinski definition) is 2. The number of nitrogens with one attached hydrogen (secondary N) is 2. The summed E-state index contributed by atoms with van der Waals surface area (Å²) in [6.45, 7) is -0.262. The summed E-state index contributed by atoms with van der Waals surface area (Å²) in [5.74, 6) is -0.911. The van der Waals surface area contributed by atoms with E-state index in [0.717, 1.165) is 3.57 Å². The lowest BCUT2D eigenvalue weighted by Crippen LogP contribution is -2.35. The molecule has 0 aliphatic carbocycles. The number of rotatable bonds is 6. The number of carbonyl (C=O) groups excluding carboxylic acids is 2. The van der Waals surface area contributed by atoms with Gasteiger partial charge >= 0.3 is 0 Å². The van der Waals surface area contributed by atoms with Crippen molar-refractivity contribution >= 4 is 57.9 Å². The lowest BCUT2D eigenvalue weighted by molar-refractivity contribution is -0.384. The summed E-state index contributed by atoms with van der Waals surface area (Å²) in [4.78, 5) is 33.9. The monoisotopic (exact) mass is 486 g/mol. The first kappa shape index (κ1) is 19.8. The highest BCUT2D eigenvalue weighted by Crippen LogP contribution is 2.24. The Bertz CT molecular complexity index is 888. The molecule has 0 spiro atoms. The Balaban J connectivity index is 1.88. The van der Waals surface area contributed by atoms with Crippen LogP contribution in [-0.4, -0.2) is 29.5 Å². The highest BCUT2D eigenvalue weighted by atomic mass is 127. The molecule has 0 radical (unpaired) electrons. The van der Waals surface area contributed by atoms with Gasteiger partial charge in [0.05, 0.1) is 23.2 Å². The van der Waals surface area contributed by atoms with Crippen molar-refractivity contribution in [3.05, 3.63) is 72.3 Å². The number of carbonyl (C=O) groups is 2. The predicted octanol–water partition coefficient (Wildman–Crippen LogP) is 2.73. The zero-order chi connectivity index (χ0) is 19.1. The molecule has 2 aromatic carbocycles. The summed E-state index contributed by atoms with van der Waals surface area (Å²) in [5, 5.41) is 17.0. The molecular weight excluding hydrogens is 475 g/mol. The molecule has 2 rings (SSSR count). The van der Waals surface area contributed by atoms with Crippen molar-refractivity contribution in [1.29, 1.82) is 0 Å². The van der Waals surface area contributed by atoms with Gasteiger partial charge in [-0.1, -0.05) is 29.8 Å². The number of benzene rings is 2. The zero-order valence-corrected chi connectivity index (χ0v) is 16.0. The average Bonchev–Trinajstić information content (AvgIpc) is 2.61. The number of hydrazone groups is 1. The van der Waals surface area contributed by atoms with Gasteiger partial charge in [0.25, 0.3) is 17.5 Å². The molecule has 8 nitrogen and oxygen atoms in total. The van der Waals surface area contributed by atoms with Crippen LogP contribution in [0.15, 0.2) is 47.6 Å². The van der Waals surface area contributed by atoms with Crippen LogP contribution < -0.4 is 10.7 Å². The minimum atomic E-state index is -0.612. The third kappa shape index (κ3) is 5.49. The Hall–Kier alpha value is -2.53. The fraction of sp³-hybridized carbons (Fsp3) is 0.0625. The number of amides is 2.